The molecule has 3 N–H and O–H groups in total. The zero-order chi connectivity index (χ0) is 30.5. The molecule has 5 aromatic rings. The molecule has 0 aliphatic carbocycles. The standard InChI is InChI=1S/C33H28F3N3O4/c34-33(35,36)27-9-3-1-7-23(27)17-18-39(22-40,31-21-25-8-2-6-12-30(25)43-31)19-20-42-26-15-13-24(14-16-26)32(41)38-29-11-5-4-10-28(29)37/h1-16,21-22H,17-20,37H2/p+1. The first-order valence-corrected chi connectivity index (χ1v) is 13.5. The van der Waals surface area contributed by atoms with Crippen molar-refractivity contribution in [1.29, 1.82) is 0 Å². The number of alkyl halides is 3. The van der Waals surface area contributed by atoms with Crippen LogP contribution in [0.3, 0.4) is 0 Å². The monoisotopic (exact) mass is 588 g/mol. The van der Waals surface area contributed by atoms with Crippen molar-refractivity contribution < 1.29 is 31.9 Å². The summed E-state index contributed by atoms with van der Waals surface area (Å²) in [5, 5.41) is 3.53. The maximum absolute atomic E-state index is 13.7. The number of quaternary nitrogens is 1. The van der Waals surface area contributed by atoms with Crippen LogP contribution >= 0.6 is 0 Å². The van der Waals surface area contributed by atoms with Gasteiger partial charge in [0.1, 0.15) is 24.5 Å². The lowest BCUT2D eigenvalue weighted by Crippen LogP contribution is -2.52. The molecule has 43 heavy (non-hydrogen) atoms. The van der Waals surface area contributed by atoms with Gasteiger partial charge in [0.2, 0.25) is 0 Å². The number of nitrogens with two attached hydrogens (primary N) is 1. The summed E-state index contributed by atoms with van der Waals surface area (Å²) in [4.78, 5) is 25.4. The van der Waals surface area contributed by atoms with Crippen LogP contribution in [0.25, 0.3) is 11.0 Å². The highest BCUT2D eigenvalue weighted by atomic mass is 19.4. The number of halogens is 3. The largest absolute Gasteiger partial charge is 0.488 e. The van der Waals surface area contributed by atoms with Gasteiger partial charge in [-0.15, -0.1) is 0 Å². The van der Waals surface area contributed by atoms with Crippen LogP contribution in [0, 0.1) is 0 Å². The summed E-state index contributed by atoms with van der Waals surface area (Å²) in [6.07, 6.45) is -3.87. The Bertz CT molecular complexity index is 1700. The first-order valence-electron chi connectivity index (χ1n) is 13.5. The van der Waals surface area contributed by atoms with E-state index in [1.54, 1.807) is 72.8 Å². The number of rotatable bonds is 11. The lowest BCUT2D eigenvalue weighted by molar-refractivity contribution is -0.138. The molecule has 10 heteroatoms. The van der Waals surface area contributed by atoms with Crippen molar-refractivity contribution >= 4 is 40.5 Å². The topological polar surface area (TPSA) is 94.6 Å². The van der Waals surface area contributed by atoms with Gasteiger partial charge in [0.15, 0.2) is 0 Å². The number of nitrogens with one attached hydrogen (secondary N) is 1. The molecule has 1 atom stereocenters. The summed E-state index contributed by atoms with van der Waals surface area (Å²) < 4.78 is 52.5. The predicted molar refractivity (Wildman–Crippen MR) is 160 cm³/mol. The molecule has 5 rings (SSSR count). The maximum Gasteiger partial charge on any atom is 0.416 e. The quantitative estimate of drug-likeness (QED) is 0.0978. The number of carbonyl (C=O) groups is 2. The van der Waals surface area contributed by atoms with Crippen molar-refractivity contribution in [1.82, 2.24) is 4.48 Å². The first kappa shape index (κ1) is 29.4. The Hall–Kier alpha value is -5.09. The van der Waals surface area contributed by atoms with E-state index in [0.717, 1.165) is 11.5 Å². The Balaban J connectivity index is 1.32. The Kier molecular flexibility index (Phi) is 8.49. The molecule has 0 saturated carbocycles. The lowest BCUT2D eigenvalue weighted by atomic mass is 10.0. The number of anilines is 2. The van der Waals surface area contributed by atoms with Gasteiger partial charge in [-0.2, -0.15) is 17.7 Å². The maximum atomic E-state index is 13.7. The van der Waals surface area contributed by atoms with Crippen molar-refractivity contribution in [3.05, 3.63) is 120 Å². The number of nitrogen functional groups attached to an aromatic ring is 1. The summed E-state index contributed by atoms with van der Waals surface area (Å²) in [5.74, 6) is 0.411. The molecule has 0 aliphatic rings. The predicted octanol–water partition coefficient (Wildman–Crippen LogP) is 7.07. The van der Waals surface area contributed by atoms with E-state index in [-0.39, 0.29) is 42.1 Å². The molecule has 0 radical (unpaired) electrons. The minimum atomic E-state index is -4.52. The Morgan fingerprint density at radius 3 is 2.33 bits per heavy atom. The molecule has 1 heterocycles. The molecule has 220 valence electrons. The zero-order valence-electron chi connectivity index (χ0n) is 23.0. The molecule has 7 nitrogen and oxygen atoms in total. The van der Waals surface area contributed by atoms with Crippen LogP contribution in [0.4, 0.5) is 30.4 Å². The third-order valence-electron chi connectivity index (χ3n) is 7.24. The number of carbonyl (C=O) groups excluding carboxylic acids is 2. The highest BCUT2D eigenvalue weighted by molar-refractivity contribution is 6.05. The zero-order valence-corrected chi connectivity index (χ0v) is 23.0. The smallest absolute Gasteiger partial charge is 0.416 e. The summed E-state index contributed by atoms with van der Waals surface area (Å²) in [7, 11) is 0. The number of benzene rings is 4. The third-order valence-corrected chi connectivity index (χ3v) is 7.24. The van der Waals surface area contributed by atoms with Crippen LogP contribution in [0.2, 0.25) is 0 Å². The van der Waals surface area contributed by atoms with E-state index in [0.29, 0.717) is 40.6 Å². The van der Waals surface area contributed by atoms with E-state index in [1.165, 1.54) is 12.1 Å². The number of furan rings is 1. The van der Waals surface area contributed by atoms with E-state index >= 15 is 0 Å². The first-order chi connectivity index (χ1) is 20.7. The normalized spacial score (nSPS) is 12.9. The number of fused-ring (bicyclic) bond motifs is 1. The molecule has 0 fully saturated rings. The van der Waals surface area contributed by atoms with Crippen molar-refractivity contribution in [3.63, 3.8) is 0 Å². The Morgan fingerprint density at radius 2 is 1.60 bits per heavy atom. The molecule has 1 aromatic heterocycles. The van der Waals surface area contributed by atoms with Crippen LogP contribution in [-0.2, 0) is 17.4 Å². The number of nitrogens with zero attached hydrogens (tertiary/aromatic N) is 1. The minimum absolute atomic E-state index is 0.0154. The van der Waals surface area contributed by atoms with Gasteiger partial charge in [-0.25, -0.2) is 4.79 Å². The molecular weight excluding hydrogens is 559 g/mol. The molecule has 1 unspecified atom stereocenters. The summed E-state index contributed by atoms with van der Waals surface area (Å²) in [6.45, 7) is 0.150. The molecule has 0 spiro atoms. The lowest BCUT2D eigenvalue weighted by Gasteiger charge is -2.29. The van der Waals surface area contributed by atoms with Gasteiger partial charge < -0.3 is 20.2 Å². The van der Waals surface area contributed by atoms with Crippen molar-refractivity contribution in [2.45, 2.75) is 12.6 Å². The van der Waals surface area contributed by atoms with Crippen molar-refractivity contribution in [3.8, 4) is 5.75 Å². The average Bonchev–Trinajstić information content (AvgIpc) is 3.45. The fourth-order valence-corrected chi connectivity index (χ4v) is 4.85. The van der Waals surface area contributed by atoms with Gasteiger partial charge in [0.05, 0.1) is 29.5 Å². The van der Waals surface area contributed by atoms with Gasteiger partial charge in [-0.3, -0.25) is 4.79 Å². The molecule has 0 bridgehead atoms. The van der Waals surface area contributed by atoms with Gasteiger partial charge in [0, 0.05) is 17.4 Å². The second-order valence-corrected chi connectivity index (χ2v) is 10.0. The summed E-state index contributed by atoms with van der Waals surface area (Å²) in [5.41, 5.74) is 7.14. The van der Waals surface area contributed by atoms with Gasteiger partial charge >= 0.3 is 18.5 Å². The number of hydrogen-bond acceptors (Lipinski definition) is 5. The third kappa shape index (κ3) is 6.70. The van der Waals surface area contributed by atoms with Crippen molar-refractivity contribution in [2.24, 2.45) is 0 Å². The van der Waals surface area contributed by atoms with Crippen LogP contribution in [0.5, 0.6) is 5.75 Å². The van der Waals surface area contributed by atoms with E-state index in [9.17, 15) is 22.8 Å². The summed E-state index contributed by atoms with van der Waals surface area (Å²) in [6, 6.07) is 27.7. The minimum Gasteiger partial charge on any atom is -0.488 e. The highest BCUT2D eigenvalue weighted by Crippen LogP contribution is 2.34. The second kappa shape index (κ2) is 12.4. The fourth-order valence-electron chi connectivity index (χ4n) is 4.85. The second-order valence-electron chi connectivity index (χ2n) is 10.0. The molecular formula is C33H29F3N3O4+. The molecule has 0 saturated heterocycles. The SMILES string of the molecule is Nc1ccccc1NC(=O)c1ccc(OCC[N+](C=O)(CCc2ccccc2C(F)(F)F)c2cc3ccccc3o2)cc1. The number of ether oxygens (including phenoxy) is 1. The van der Waals surface area contributed by atoms with E-state index in [1.807, 2.05) is 12.1 Å². The van der Waals surface area contributed by atoms with E-state index in [2.05, 4.69) is 5.32 Å². The van der Waals surface area contributed by atoms with Gasteiger partial charge in [-0.1, -0.05) is 48.5 Å². The number of amides is 2. The van der Waals surface area contributed by atoms with Gasteiger partial charge in [-0.05, 0) is 54.1 Å². The molecule has 4 aromatic carbocycles. The van der Waals surface area contributed by atoms with Gasteiger partial charge in [0.25, 0.3) is 5.91 Å². The van der Waals surface area contributed by atoms with E-state index in [4.69, 9.17) is 14.9 Å². The summed E-state index contributed by atoms with van der Waals surface area (Å²) >= 11 is 0. The van der Waals surface area contributed by atoms with Crippen LogP contribution in [0.1, 0.15) is 21.5 Å². The van der Waals surface area contributed by atoms with Crippen LogP contribution < -0.4 is 20.3 Å². The number of para-hydroxylation sites is 3. The van der Waals surface area contributed by atoms with E-state index < -0.39 is 11.7 Å². The molecule has 0 aliphatic heterocycles. The highest BCUT2D eigenvalue weighted by Gasteiger charge is 2.37. The van der Waals surface area contributed by atoms with Crippen molar-refractivity contribution in [2.75, 3.05) is 30.7 Å². The van der Waals surface area contributed by atoms with Crippen LogP contribution in [-0.4, -0.2) is 32.0 Å². The Labute approximate surface area is 245 Å². The van der Waals surface area contributed by atoms with Crippen LogP contribution in [0.15, 0.2) is 108 Å². The Morgan fingerprint density at radius 1 is 0.907 bits per heavy atom. The fraction of sp³-hybridized carbons (Fsp3) is 0.152. The average molecular weight is 589 g/mol. The number of hydrogen-bond donors (Lipinski definition) is 2. The molecule has 2 amide bonds.